The lowest BCUT2D eigenvalue weighted by molar-refractivity contribution is -0.145. The fraction of sp³-hybridized carbons (Fsp3) is 0.125. The third-order valence-corrected chi connectivity index (χ3v) is 2.98. The normalized spacial score (nSPS) is 12.0. The fourth-order valence-corrected chi connectivity index (χ4v) is 1.97. The Morgan fingerprint density at radius 2 is 1.95 bits per heavy atom. The fourth-order valence-electron chi connectivity index (χ4n) is 1.97. The summed E-state index contributed by atoms with van der Waals surface area (Å²) in [4.78, 5) is 11.5. The summed E-state index contributed by atoms with van der Waals surface area (Å²) >= 11 is 0. The van der Waals surface area contributed by atoms with Crippen LogP contribution in [0.1, 0.15) is 17.2 Å². The minimum Gasteiger partial charge on any atom is -0.493 e. The summed E-state index contributed by atoms with van der Waals surface area (Å²) in [6.07, 6.45) is 0.296. The molecule has 22 heavy (non-hydrogen) atoms. The number of carbonyl (C=O) groups is 1. The second-order valence-corrected chi connectivity index (χ2v) is 4.44. The Morgan fingerprint density at radius 3 is 2.55 bits per heavy atom. The number of methoxy groups -OCH3 is 1. The minimum absolute atomic E-state index is 0.302. The number of aliphatic carboxylic acids is 1. The van der Waals surface area contributed by atoms with Gasteiger partial charge in [-0.05, 0) is 23.8 Å². The first-order valence-electron chi connectivity index (χ1n) is 6.51. The topological polar surface area (TPSA) is 94.1 Å². The summed E-state index contributed by atoms with van der Waals surface area (Å²) < 4.78 is 10.8. The predicted molar refractivity (Wildman–Crippen MR) is 82.2 cm³/mol. The van der Waals surface area contributed by atoms with E-state index < -0.39 is 12.1 Å². The zero-order chi connectivity index (χ0) is 15.9. The number of carboxylic acids is 1. The second kappa shape index (κ2) is 7.12. The summed E-state index contributed by atoms with van der Waals surface area (Å²) in [6, 6.07) is 13.7. The van der Waals surface area contributed by atoms with Crippen LogP contribution in [0.5, 0.6) is 11.5 Å². The molecule has 0 fully saturated rings. The van der Waals surface area contributed by atoms with Crippen molar-refractivity contribution in [2.75, 3.05) is 7.11 Å². The van der Waals surface area contributed by atoms with Gasteiger partial charge in [0.2, 0.25) is 6.10 Å². The Bertz CT molecular complexity index is 671. The third kappa shape index (κ3) is 3.54. The van der Waals surface area contributed by atoms with Gasteiger partial charge in [-0.2, -0.15) is 5.10 Å². The number of carboxylic acid groups (broad SMARTS) is 1. The van der Waals surface area contributed by atoms with Crippen molar-refractivity contribution in [2.45, 2.75) is 6.10 Å². The zero-order valence-electron chi connectivity index (χ0n) is 12.0. The molecule has 0 spiro atoms. The van der Waals surface area contributed by atoms with Crippen LogP contribution in [0.4, 0.5) is 0 Å². The molecule has 0 amide bonds. The van der Waals surface area contributed by atoms with E-state index in [1.54, 1.807) is 48.5 Å². The first-order chi connectivity index (χ1) is 10.7. The predicted octanol–water partition coefficient (Wildman–Crippen LogP) is 2.19. The number of hydrogen-bond donors (Lipinski definition) is 2. The van der Waals surface area contributed by atoms with Crippen LogP contribution in [-0.4, -0.2) is 24.4 Å². The van der Waals surface area contributed by atoms with Gasteiger partial charge < -0.3 is 20.4 Å². The van der Waals surface area contributed by atoms with E-state index in [-0.39, 0.29) is 0 Å². The Hall–Kier alpha value is -3.02. The van der Waals surface area contributed by atoms with Crippen LogP contribution in [0.15, 0.2) is 53.6 Å². The van der Waals surface area contributed by atoms with E-state index in [2.05, 4.69) is 5.10 Å². The quantitative estimate of drug-likeness (QED) is 0.484. The average molecular weight is 300 g/mol. The van der Waals surface area contributed by atoms with Gasteiger partial charge in [-0.3, -0.25) is 0 Å². The van der Waals surface area contributed by atoms with Crippen LogP contribution >= 0.6 is 0 Å². The molecule has 1 unspecified atom stereocenters. The van der Waals surface area contributed by atoms with Gasteiger partial charge in [0.15, 0.2) is 11.5 Å². The molecule has 0 radical (unpaired) electrons. The van der Waals surface area contributed by atoms with Crippen molar-refractivity contribution in [1.29, 1.82) is 0 Å². The molecule has 0 aliphatic heterocycles. The van der Waals surface area contributed by atoms with Crippen LogP contribution in [-0.2, 0) is 4.79 Å². The SMILES string of the molecule is COc1ccc(C=NN)cc1OC(C(=O)O)c1ccccc1. The zero-order valence-corrected chi connectivity index (χ0v) is 12.0. The molecular weight excluding hydrogens is 284 g/mol. The average Bonchev–Trinajstić information content (AvgIpc) is 2.53. The molecule has 0 aliphatic carbocycles. The van der Waals surface area contributed by atoms with Gasteiger partial charge in [-0.1, -0.05) is 30.3 Å². The minimum atomic E-state index is -1.14. The van der Waals surface area contributed by atoms with Crippen molar-refractivity contribution >= 4 is 12.2 Å². The molecule has 0 bridgehead atoms. The van der Waals surface area contributed by atoms with Gasteiger partial charge in [0.25, 0.3) is 0 Å². The van der Waals surface area contributed by atoms with Gasteiger partial charge in [0, 0.05) is 5.56 Å². The van der Waals surface area contributed by atoms with E-state index >= 15 is 0 Å². The highest BCUT2D eigenvalue weighted by molar-refractivity contribution is 5.81. The Kier molecular flexibility index (Phi) is 4.98. The number of nitrogens with two attached hydrogens (primary N) is 1. The first-order valence-corrected chi connectivity index (χ1v) is 6.51. The number of rotatable bonds is 6. The van der Waals surface area contributed by atoms with Crippen LogP contribution in [0, 0.1) is 0 Å². The molecule has 0 saturated heterocycles. The molecule has 114 valence electrons. The molecule has 0 aromatic heterocycles. The van der Waals surface area contributed by atoms with Gasteiger partial charge >= 0.3 is 5.97 Å². The summed E-state index contributed by atoms with van der Waals surface area (Å²) in [5, 5.41) is 12.8. The maximum atomic E-state index is 11.5. The van der Waals surface area contributed by atoms with E-state index in [4.69, 9.17) is 15.3 Å². The molecule has 2 aromatic carbocycles. The highest BCUT2D eigenvalue weighted by atomic mass is 16.5. The number of benzene rings is 2. The van der Waals surface area contributed by atoms with Gasteiger partial charge in [-0.15, -0.1) is 0 Å². The van der Waals surface area contributed by atoms with Crippen LogP contribution in [0.25, 0.3) is 0 Å². The molecule has 6 heteroatoms. The van der Waals surface area contributed by atoms with Crippen molar-refractivity contribution < 1.29 is 19.4 Å². The maximum absolute atomic E-state index is 11.5. The van der Waals surface area contributed by atoms with Crippen molar-refractivity contribution in [2.24, 2.45) is 10.9 Å². The molecule has 0 heterocycles. The molecule has 2 aromatic rings. The Morgan fingerprint density at radius 1 is 1.23 bits per heavy atom. The van der Waals surface area contributed by atoms with E-state index in [9.17, 15) is 9.90 Å². The summed E-state index contributed by atoms with van der Waals surface area (Å²) in [5.74, 6) is 4.76. The molecule has 0 saturated carbocycles. The Balaban J connectivity index is 2.37. The van der Waals surface area contributed by atoms with Crippen molar-refractivity contribution in [1.82, 2.24) is 0 Å². The summed E-state index contributed by atoms with van der Waals surface area (Å²) in [6.45, 7) is 0. The molecule has 3 N–H and O–H groups in total. The monoisotopic (exact) mass is 300 g/mol. The lowest BCUT2D eigenvalue weighted by Crippen LogP contribution is -2.18. The molecular formula is C16H16N2O4. The van der Waals surface area contributed by atoms with E-state index in [0.717, 1.165) is 0 Å². The highest BCUT2D eigenvalue weighted by Gasteiger charge is 2.23. The lowest BCUT2D eigenvalue weighted by atomic mass is 10.1. The van der Waals surface area contributed by atoms with Crippen LogP contribution < -0.4 is 15.3 Å². The lowest BCUT2D eigenvalue weighted by Gasteiger charge is -2.17. The smallest absolute Gasteiger partial charge is 0.349 e. The molecule has 6 nitrogen and oxygen atoms in total. The maximum Gasteiger partial charge on any atom is 0.349 e. The van der Waals surface area contributed by atoms with Crippen molar-refractivity contribution in [3.8, 4) is 11.5 Å². The summed E-state index contributed by atoms with van der Waals surface area (Å²) in [5.41, 5.74) is 1.21. The van der Waals surface area contributed by atoms with Gasteiger partial charge in [0.1, 0.15) is 0 Å². The first kappa shape index (κ1) is 15.4. The van der Waals surface area contributed by atoms with E-state index in [1.165, 1.54) is 13.3 Å². The largest absolute Gasteiger partial charge is 0.493 e. The summed E-state index contributed by atoms with van der Waals surface area (Å²) in [7, 11) is 1.48. The number of ether oxygens (including phenoxy) is 2. The van der Waals surface area contributed by atoms with Crippen LogP contribution in [0.3, 0.4) is 0 Å². The Labute approximate surface area is 127 Å². The number of hydrazone groups is 1. The van der Waals surface area contributed by atoms with E-state index in [0.29, 0.717) is 22.6 Å². The standard InChI is InChI=1S/C16H16N2O4/c1-21-13-8-7-11(10-18-17)9-14(13)22-15(16(19)20)12-5-3-2-4-6-12/h2-10,15H,17H2,1H3,(H,19,20). The number of nitrogens with zero attached hydrogens (tertiary/aromatic N) is 1. The van der Waals surface area contributed by atoms with Crippen LogP contribution in [0.2, 0.25) is 0 Å². The van der Waals surface area contributed by atoms with E-state index in [1.807, 2.05) is 0 Å². The van der Waals surface area contributed by atoms with Gasteiger partial charge in [0.05, 0.1) is 13.3 Å². The second-order valence-electron chi connectivity index (χ2n) is 4.44. The molecule has 0 aliphatic rings. The van der Waals surface area contributed by atoms with Crippen molar-refractivity contribution in [3.05, 3.63) is 59.7 Å². The number of hydrogen-bond acceptors (Lipinski definition) is 5. The third-order valence-electron chi connectivity index (χ3n) is 2.98. The molecule has 1 atom stereocenters. The highest BCUT2D eigenvalue weighted by Crippen LogP contribution is 2.32. The van der Waals surface area contributed by atoms with Crippen molar-refractivity contribution in [3.63, 3.8) is 0 Å². The van der Waals surface area contributed by atoms with Gasteiger partial charge in [-0.25, -0.2) is 4.79 Å². The molecule has 2 rings (SSSR count).